The van der Waals surface area contributed by atoms with Crippen molar-refractivity contribution in [3.05, 3.63) is 23.7 Å². The fourth-order valence-corrected chi connectivity index (χ4v) is 2.69. The SMILES string of the molecule is CN=C(NCC1CN(C)CCN1C)NC(C)c1ccc(C)o1.I. The second kappa shape index (κ2) is 9.48. The van der Waals surface area contributed by atoms with Crippen molar-refractivity contribution in [2.75, 3.05) is 47.3 Å². The van der Waals surface area contributed by atoms with Crippen LogP contribution in [0.2, 0.25) is 0 Å². The molecule has 0 saturated carbocycles. The molecule has 1 aromatic heterocycles. The molecule has 2 heterocycles. The van der Waals surface area contributed by atoms with E-state index in [9.17, 15) is 0 Å². The highest BCUT2D eigenvalue weighted by molar-refractivity contribution is 14.0. The third kappa shape index (κ3) is 5.96. The Bertz CT molecular complexity index is 504. The number of likely N-dealkylation sites (N-methyl/N-ethyl adjacent to an activating group) is 2. The fraction of sp³-hybridized carbons (Fsp3) is 0.688. The van der Waals surface area contributed by atoms with Crippen molar-refractivity contribution >= 4 is 29.9 Å². The maximum Gasteiger partial charge on any atom is 0.191 e. The zero-order chi connectivity index (χ0) is 16.1. The van der Waals surface area contributed by atoms with E-state index < -0.39 is 0 Å². The van der Waals surface area contributed by atoms with Crippen LogP contribution < -0.4 is 10.6 Å². The molecule has 0 amide bonds. The number of furan rings is 1. The van der Waals surface area contributed by atoms with Crippen LogP contribution in [-0.2, 0) is 0 Å². The Morgan fingerprint density at radius 1 is 1.39 bits per heavy atom. The second-order valence-corrected chi connectivity index (χ2v) is 6.16. The molecule has 0 aromatic carbocycles. The summed E-state index contributed by atoms with van der Waals surface area (Å²) in [5.74, 6) is 2.66. The normalized spacial score (nSPS) is 21.6. The number of guanidine groups is 1. The monoisotopic (exact) mass is 435 g/mol. The molecule has 132 valence electrons. The lowest BCUT2D eigenvalue weighted by molar-refractivity contribution is 0.116. The third-order valence-electron chi connectivity index (χ3n) is 4.25. The smallest absolute Gasteiger partial charge is 0.191 e. The summed E-state index contributed by atoms with van der Waals surface area (Å²) in [4.78, 5) is 9.08. The van der Waals surface area contributed by atoms with Crippen LogP contribution in [0.5, 0.6) is 0 Å². The van der Waals surface area contributed by atoms with Crippen molar-refractivity contribution < 1.29 is 4.42 Å². The van der Waals surface area contributed by atoms with E-state index in [2.05, 4.69) is 46.4 Å². The summed E-state index contributed by atoms with van der Waals surface area (Å²) in [7, 11) is 6.16. The topological polar surface area (TPSA) is 56.0 Å². The largest absolute Gasteiger partial charge is 0.464 e. The highest BCUT2D eigenvalue weighted by atomic mass is 127. The quantitative estimate of drug-likeness (QED) is 0.428. The molecule has 1 fully saturated rings. The van der Waals surface area contributed by atoms with Crippen LogP contribution in [0.3, 0.4) is 0 Å². The van der Waals surface area contributed by atoms with Gasteiger partial charge in [-0.2, -0.15) is 0 Å². The van der Waals surface area contributed by atoms with Gasteiger partial charge in [0, 0.05) is 39.3 Å². The number of hydrogen-bond donors (Lipinski definition) is 2. The van der Waals surface area contributed by atoms with E-state index in [0.29, 0.717) is 6.04 Å². The first-order chi connectivity index (χ1) is 10.5. The first kappa shape index (κ1) is 20.2. The first-order valence-electron chi connectivity index (χ1n) is 7.92. The summed E-state index contributed by atoms with van der Waals surface area (Å²) in [5, 5.41) is 6.80. The van der Waals surface area contributed by atoms with Crippen molar-refractivity contribution in [2.45, 2.75) is 25.9 Å². The van der Waals surface area contributed by atoms with Gasteiger partial charge in [-0.15, -0.1) is 24.0 Å². The maximum atomic E-state index is 5.66. The van der Waals surface area contributed by atoms with Crippen LogP contribution in [0.4, 0.5) is 0 Å². The minimum absolute atomic E-state index is 0. The summed E-state index contributed by atoms with van der Waals surface area (Å²) in [6.45, 7) is 8.23. The van der Waals surface area contributed by atoms with E-state index in [1.807, 2.05) is 19.1 Å². The lowest BCUT2D eigenvalue weighted by Gasteiger charge is -2.38. The van der Waals surface area contributed by atoms with Crippen LogP contribution in [0.1, 0.15) is 24.5 Å². The third-order valence-corrected chi connectivity index (χ3v) is 4.25. The Kier molecular flexibility index (Phi) is 8.35. The Morgan fingerprint density at radius 3 is 2.74 bits per heavy atom. The van der Waals surface area contributed by atoms with Gasteiger partial charge in [0.15, 0.2) is 5.96 Å². The Morgan fingerprint density at radius 2 is 2.13 bits per heavy atom. The molecule has 0 spiro atoms. The van der Waals surface area contributed by atoms with Crippen LogP contribution in [0.15, 0.2) is 21.5 Å². The second-order valence-electron chi connectivity index (χ2n) is 6.16. The average Bonchev–Trinajstić information content (AvgIpc) is 2.93. The molecule has 2 rings (SSSR count). The van der Waals surface area contributed by atoms with Crippen molar-refractivity contribution in [1.82, 2.24) is 20.4 Å². The van der Waals surface area contributed by atoms with Gasteiger partial charge < -0.3 is 20.0 Å². The van der Waals surface area contributed by atoms with Gasteiger partial charge in [-0.25, -0.2) is 0 Å². The summed E-state index contributed by atoms with van der Waals surface area (Å²) in [5.41, 5.74) is 0. The summed E-state index contributed by atoms with van der Waals surface area (Å²) < 4.78 is 5.66. The fourth-order valence-electron chi connectivity index (χ4n) is 2.69. The van der Waals surface area contributed by atoms with Gasteiger partial charge in [-0.1, -0.05) is 0 Å². The number of rotatable bonds is 4. The Labute approximate surface area is 156 Å². The molecule has 7 heteroatoms. The zero-order valence-corrected chi connectivity index (χ0v) is 17.1. The minimum Gasteiger partial charge on any atom is -0.464 e. The molecule has 2 atom stereocenters. The van der Waals surface area contributed by atoms with E-state index in [0.717, 1.165) is 43.7 Å². The van der Waals surface area contributed by atoms with Crippen LogP contribution in [0, 0.1) is 6.92 Å². The molecule has 0 radical (unpaired) electrons. The van der Waals surface area contributed by atoms with Crippen LogP contribution in [-0.4, -0.2) is 69.1 Å². The lowest BCUT2D eigenvalue weighted by atomic mass is 10.2. The van der Waals surface area contributed by atoms with Gasteiger partial charge in [0.2, 0.25) is 0 Å². The standard InChI is InChI=1S/C16H29N5O.HI/c1-12-6-7-15(22-12)13(2)19-16(17-3)18-10-14-11-20(4)8-9-21(14)5;/h6-7,13-14H,8-11H2,1-5H3,(H2,17,18,19);1H. The van der Waals surface area contributed by atoms with Gasteiger partial charge in [0.25, 0.3) is 0 Å². The highest BCUT2D eigenvalue weighted by Crippen LogP contribution is 2.15. The van der Waals surface area contributed by atoms with Crippen LogP contribution in [0.25, 0.3) is 0 Å². The van der Waals surface area contributed by atoms with Crippen LogP contribution >= 0.6 is 24.0 Å². The number of nitrogens with zero attached hydrogens (tertiary/aromatic N) is 3. The summed E-state index contributed by atoms with van der Waals surface area (Å²) in [6.07, 6.45) is 0. The minimum atomic E-state index is 0. The molecule has 1 aliphatic rings. The molecular formula is C16H30IN5O. The van der Waals surface area contributed by atoms with Gasteiger partial charge in [0.05, 0.1) is 6.04 Å². The molecule has 6 nitrogen and oxygen atoms in total. The van der Waals surface area contributed by atoms with E-state index in [-0.39, 0.29) is 30.0 Å². The molecule has 2 unspecified atom stereocenters. The summed E-state index contributed by atoms with van der Waals surface area (Å²) >= 11 is 0. The Balaban J connectivity index is 0.00000264. The number of nitrogens with one attached hydrogen (secondary N) is 2. The first-order valence-corrected chi connectivity index (χ1v) is 7.92. The van der Waals surface area contributed by atoms with Crippen molar-refractivity contribution in [3.63, 3.8) is 0 Å². The molecule has 2 N–H and O–H groups in total. The van der Waals surface area contributed by atoms with Crippen molar-refractivity contribution in [1.29, 1.82) is 0 Å². The average molecular weight is 435 g/mol. The molecule has 0 bridgehead atoms. The van der Waals surface area contributed by atoms with E-state index >= 15 is 0 Å². The van der Waals surface area contributed by atoms with Crippen molar-refractivity contribution in [3.8, 4) is 0 Å². The highest BCUT2D eigenvalue weighted by Gasteiger charge is 2.22. The maximum absolute atomic E-state index is 5.66. The molecular weight excluding hydrogens is 405 g/mol. The van der Waals surface area contributed by atoms with E-state index in [1.54, 1.807) is 7.05 Å². The number of hydrogen-bond acceptors (Lipinski definition) is 4. The van der Waals surface area contributed by atoms with Gasteiger partial charge in [0.1, 0.15) is 11.5 Å². The van der Waals surface area contributed by atoms with Gasteiger partial charge in [-0.3, -0.25) is 9.89 Å². The lowest BCUT2D eigenvalue weighted by Crippen LogP contribution is -2.55. The number of aliphatic imine (C=N–C) groups is 1. The van der Waals surface area contributed by atoms with E-state index in [1.165, 1.54) is 0 Å². The molecule has 1 saturated heterocycles. The molecule has 1 aliphatic heterocycles. The molecule has 1 aromatic rings. The number of piperazine rings is 1. The van der Waals surface area contributed by atoms with E-state index in [4.69, 9.17) is 4.42 Å². The van der Waals surface area contributed by atoms with Crippen molar-refractivity contribution in [2.24, 2.45) is 4.99 Å². The van der Waals surface area contributed by atoms with Gasteiger partial charge in [-0.05, 0) is 40.1 Å². The Hall–Kier alpha value is -0.800. The zero-order valence-electron chi connectivity index (χ0n) is 14.8. The predicted octanol–water partition coefficient (Wildman–Crippen LogP) is 1.68. The number of halogens is 1. The number of aryl methyl sites for hydroxylation is 1. The molecule has 0 aliphatic carbocycles. The molecule has 23 heavy (non-hydrogen) atoms. The van der Waals surface area contributed by atoms with Gasteiger partial charge >= 0.3 is 0 Å². The predicted molar refractivity (Wildman–Crippen MR) is 106 cm³/mol. The summed E-state index contributed by atoms with van der Waals surface area (Å²) in [6, 6.07) is 4.57.